The summed E-state index contributed by atoms with van der Waals surface area (Å²) in [6.07, 6.45) is 0.986. The van der Waals surface area contributed by atoms with E-state index in [4.69, 9.17) is 10.0 Å². The minimum absolute atomic E-state index is 0.986. The van der Waals surface area contributed by atoms with Crippen LogP contribution >= 0.6 is 0 Å². The molecule has 0 bridgehead atoms. The molecule has 4 heavy (non-hydrogen) atoms. The zero-order valence-electron chi connectivity index (χ0n) is 1.86. The zero-order chi connectivity index (χ0) is 3.41. The second-order valence-corrected chi connectivity index (χ2v) is 0.214. The molecule has 3 heteroatoms. The van der Waals surface area contributed by atoms with E-state index in [2.05, 4.69) is 0 Å². The van der Waals surface area contributed by atoms with Gasteiger partial charge in [-0.1, -0.05) is 0 Å². The monoisotopic (exact) mass is 60.0 g/mol. The molecule has 0 aliphatic carbocycles. The maximum absolute atomic E-state index is 8.69. The van der Waals surface area contributed by atoms with Crippen LogP contribution in [-0.4, -0.2) is 11.3 Å². The smallest absolute Gasteiger partial charge is 0.281 e. The van der Waals surface area contributed by atoms with Crippen molar-refractivity contribution in [2.45, 2.75) is 0 Å². The molecule has 0 aliphatic heterocycles. The minimum Gasteiger partial charge on any atom is -0.281 e. The van der Waals surface area contributed by atoms with Crippen molar-refractivity contribution in [3.8, 4) is 0 Å². The Bertz CT molecular complexity index is 44.0. The molecular formula is CH2NO2+. The first-order valence-corrected chi connectivity index (χ1v) is 0.678. The largest absolute Gasteiger partial charge is 0.474 e. The van der Waals surface area contributed by atoms with Crippen molar-refractivity contribution in [1.82, 2.24) is 0 Å². The summed E-state index contributed by atoms with van der Waals surface area (Å²) in [7, 11) is 0. The fourth-order valence-corrected chi connectivity index (χ4v) is 0. The predicted octanol–water partition coefficient (Wildman–Crippen LogP) is -2.21. The van der Waals surface area contributed by atoms with Gasteiger partial charge in [0.2, 0.25) is 0 Å². The average molecular weight is 60.0 g/mol. The van der Waals surface area contributed by atoms with Crippen LogP contribution in [-0.2, 0) is 4.79 Å². The van der Waals surface area contributed by atoms with Gasteiger partial charge in [0.1, 0.15) is 0 Å². The lowest BCUT2D eigenvalue weighted by Gasteiger charge is -1.30. The Kier molecular flexibility index (Phi) is 1.73. The molecular weight excluding hydrogens is 58.0 g/mol. The van der Waals surface area contributed by atoms with Gasteiger partial charge in [0.05, 0.1) is 0 Å². The standard InChI is InChI=1S/CHNO2/c3-1-2-4/h4H/p+1. The first kappa shape index (κ1) is 3.18. The van der Waals surface area contributed by atoms with E-state index < -0.39 is 0 Å². The van der Waals surface area contributed by atoms with E-state index in [0.717, 1.165) is 11.2 Å². The molecule has 0 fully saturated rings. The Labute approximate surface area is 22.5 Å². The van der Waals surface area contributed by atoms with Gasteiger partial charge in [-0.25, -0.2) is 0 Å². The fraction of sp³-hybridized carbons (Fsp3) is 0. The van der Waals surface area contributed by atoms with Crippen LogP contribution in [0.5, 0.6) is 0 Å². The highest BCUT2D eigenvalue weighted by Crippen LogP contribution is 0.672. The minimum atomic E-state index is 0.986. The van der Waals surface area contributed by atoms with Gasteiger partial charge in [-0.3, -0.25) is 5.21 Å². The predicted molar refractivity (Wildman–Crippen MR) is 8.44 cm³/mol. The quantitative estimate of drug-likeness (QED) is 0.144. The molecule has 0 heterocycles. The maximum atomic E-state index is 8.69. The van der Waals surface area contributed by atoms with Crippen LogP contribution in [0, 0.1) is 0 Å². The van der Waals surface area contributed by atoms with Crippen molar-refractivity contribution in [3.63, 3.8) is 0 Å². The number of hydrogen-bond acceptors (Lipinski definition) is 2. The molecule has 3 nitrogen and oxygen atoms in total. The van der Waals surface area contributed by atoms with Crippen molar-refractivity contribution >= 4 is 6.08 Å². The van der Waals surface area contributed by atoms with E-state index in [0.29, 0.717) is 0 Å². The highest BCUT2D eigenvalue weighted by atomic mass is 16.4. The second kappa shape index (κ2) is 2.18. The maximum Gasteiger partial charge on any atom is 0.474 e. The molecule has 0 aromatic carbocycles. The molecule has 0 rings (SSSR count). The number of carbonyl (C=O) groups excluding carboxylic acids is 1. The van der Waals surface area contributed by atoms with Crippen LogP contribution in [0.1, 0.15) is 0 Å². The Balaban J connectivity index is 3.11. The molecule has 0 saturated carbocycles. The molecule has 0 aromatic heterocycles. The molecule has 0 saturated heterocycles. The number of hydrogen-bond donors (Lipinski definition) is 2. The normalized spacial score (nSPS) is 4.00. The molecule has 0 atom stereocenters. The van der Waals surface area contributed by atoms with Gasteiger partial charge >= 0.3 is 6.08 Å². The lowest BCUT2D eigenvalue weighted by Crippen LogP contribution is -2.61. The molecule has 2 N–H and O–H groups in total. The SMILES string of the molecule is O=C=[NH+]O. The number of isocyanates is 1. The topological polar surface area (TPSA) is 51.3 Å². The molecule has 0 radical (unpaired) electrons. The zero-order valence-corrected chi connectivity index (χ0v) is 1.86. The van der Waals surface area contributed by atoms with Crippen LogP contribution in [0.15, 0.2) is 0 Å². The molecule has 0 spiro atoms. The van der Waals surface area contributed by atoms with Gasteiger partial charge in [0.25, 0.3) is 0 Å². The summed E-state index contributed by atoms with van der Waals surface area (Å²) in [6, 6.07) is 0. The summed E-state index contributed by atoms with van der Waals surface area (Å²) in [6.45, 7) is 0. The third-order valence-electron chi connectivity index (χ3n) is 0.0456. The first-order valence-electron chi connectivity index (χ1n) is 0.678. The fourth-order valence-electron chi connectivity index (χ4n) is 0. The number of nitrogens with one attached hydrogen (secondary N) is 1. The highest BCUT2D eigenvalue weighted by molar-refractivity contribution is 5.22. The third-order valence-corrected chi connectivity index (χ3v) is 0.0456. The Morgan fingerprint density at radius 1 is 2.00 bits per heavy atom. The summed E-state index contributed by atoms with van der Waals surface area (Å²) in [4.78, 5) is 8.69. The molecule has 0 amide bonds. The van der Waals surface area contributed by atoms with Gasteiger partial charge in [-0.2, -0.15) is 4.79 Å². The van der Waals surface area contributed by atoms with Crippen molar-refractivity contribution in [2.24, 2.45) is 0 Å². The number of rotatable bonds is 0. The van der Waals surface area contributed by atoms with Gasteiger partial charge in [-0.05, 0) is 0 Å². The van der Waals surface area contributed by atoms with Gasteiger partial charge in [0.15, 0.2) is 0 Å². The first-order chi connectivity index (χ1) is 1.91. The summed E-state index contributed by atoms with van der Waals surface area (Å²) >= 11 is 0. The lowest BCUT2D eigenvalue weighted by molar-refractivity contribution is -0.734. The van der Waals surface area contributed by atoms with Crippen LogP contribution in [0.25, 0.3) is 0 Å². The highest BCUT2D eigenvalue weighted by Gasteiger charge is 1.42. The van der Waals surface area contributed by atoms with Crippen molar-refractivity contribution in [3.05, 3.63) is 0 Å². The van der Waals surface area contributed by atoms with E-state index in [1.54, 1.807) is 0 Å². The average Bonchev–Trinajstić information content (AvgIpc) is 1.37. The van der Waals surface area contributed by atoms with Crippen LogP contribution < -0.4 is 5.16 Å². The van der Waals surface area contributed by atoms with Gasteiger partial charge in [0, 0.05) is 5.16 Å². The lowest BCUT2D eigenvalue weighted by atomic mass is 11.7. The summed E-state index contributed by atoms with van der Waals surface area (Å²) in [5, 5.41) is 8.33. The Morgan fingerprint density at radius 3 is 2.25 bits per heavy atom. The second-order valence-electron chi connectivity index (χ2n) is 0.214. The molecule has 0 aliphatic rings. The molecule has 22 valence electrons. The van der Waals surface area contributed by atoms with Gasteiger partial charge in [-0.15, -0.1) is 0 Å². The van der Waals surface area contributed by atoms with E-state index >= 15 is 0 Å². The van der Waals surface area contributed by atoms with E-state index in [-0.39, 0.29) is 0 Å². The van der Waals surface area contributed by atoms with Crippen LogP contribution in [0.3, 0.4) is 0 Å². The van der Waals surface area contributed by atoms with Crippen molar-refractivity contribution < 1.29 is 15.2 Å². The van der Waals surface area contributed by atoms with Gasteiger partial charge < -0.3 is 0 Å². The summed E-state index contributed by atoms with van der Waals surface area (Å²) in [5.41, 5.74) is 0. The van der Waals surface area contributed by atoms with Crippen molar-refractivity contribution in [2.75, 3.05) is 0 Å². The Hall–Kier alpha value is -0.820. The van der Waals surface area contributed by atoms with E-state index in [9.17, 15) is 0 Å². The third kappa shape index (κ3) is 1.18. The molecule has 0 aromatic rings. The summed E-state index contributed by atoms with van der Waals surface area (Å²) < 4.78 is 0. The van der Waals surface area contributed by atoms with E-state index in [1.807, 2.05) is 0 Å². The van der Waals surface area contributed by atoms with Crippen molar-refractivity contribution in [1.29, 1.82) is 0 Å². The molecule has 0 unspecified atom stereocenters. The van der Waals surface area contributed by atoms with Crippen LogP contribution in [0.4, 0.5) is 0 Å². The van der Waals surface area contributed by atoms with E-state index in [1.165, 1.54) is 0 Å². The summed E-state index contributed by atoms with van der Waals surface area (Å²) in [5.74, 6) is 0. The van der Waals surface area contributed by atoms with Crippen LogP contribution in [0.2, 0.25) is 0 Å². The Morgan fingerprint density at radius 2 is 2.25 bits per heavy atom.